The van der Waals surface area contributed by atoms with E-state index in [0.717, 1.165) is 23.9 Å². The molecular weight excluding hydrogens is 346 g/mol. The molecule has 1 aliphatic rings. The molecule has 1 amide bonds. The lowest BCUT2D eigenvalue weighted by Gasteiger charge is -2.32. The zero-order valence-corrected chi connectivity index (χ0v) is 13.6. The molecule has 0 aliphatic carbocycles. The van der Waals surface area contributed by atoms with Crippen LogP contribution < -0.4 is 4.74 Å². The zero-order chi connectivity index (χ0) is 15.4. The summed E-state index contributed by atoms with van der Waals surface area (Å²) in [5.74, 6) is 0.547. The molecule has 0 saturated carbocycles. The van der Waals surface area contributed by atoms with Gasteiger partial charge >= 0.3 is 0 Å². The number of nitrogens with zero attached hydrogens (tertiary/aromatic N) is 3. The number of benzene rings is 1. The molecule has 1 fully saturated rings. The van der Waals surface area contributed by atoms with Crippen molar-refractivity contribution in [3.05, 3.63) is 52.6 Å². The molecule has 1 saturated heterocycles. The van der Waals surface area contributed by atoms with Gasteiger partial charge in [-0.15, -0.1) is 5.10 Å². The number of likely N-dealkylation sites (tertiary alicyclic amines) is 1. The maximum atomic E-state index is 12.5. The van der Waals surface area contributed by atoms with Crippen LogP contribution >= 0.6 is 15.9 Å². The van der Waals surface area contributed by atoms with Crippen LogP contribution in [0.25, 0.3) is 0 Å². The third-order valence-corrected chi connectivity index (χ3v) is 4.12. The lowest BCUT2D eigenvalue weighted by molar-refractivity contribution is 0.0525. The molecule has 0 bridgehead atoms. The van der Waals surface area contributed by atoms with Crippen molar-refractivity contribution in [2.75, 3.05) is 13.1 Å². The van der Waals surface area contributed by atoms with E-state index < -0.39 is 0 Å². The van der Waals surface area contributed by atoms with Crippen molar-refractivity contribution >= 4 is 21.8 Å². The average Bonchev–Trinajstić information content (AvgIpc) is 2.56. The highest BCUT2D eigenvalue weighted by Crippen LogP contribution is 2.19. The van der Waals surface area contributed by atoms with Crippen LogP contribution in [-0.2, 0) is 0 Å². The number of carbonyl (C=O) groups is 1. The second-order valence-electron chi connectivity index (χ2n) is 5.20. The number of piperidine rings is 1. The molecule has 3 rings (SSSR count). The Balaban J connectivity index is 1.65. The Hall–Kier alpha value is -1.95. The maximum absolute atomic E-state index is 12.5. The molecule has 1 aliphatic heterocycles. The summed E-state index contributed by atoms with van der Waals surface area (Å²) in [5, 5.41) is 7.73. The summed E-state index contributed by atoms with van der Waals surface area (Å²) in [5.41, 5.74) is 0.698. The largest absolute Gasteiger partial charge is 0.471 e. The van der Waals surface area contributed by atoms with Gasteiger partial charge in [0.25, 0.3) is 5.91 Å². The number of halogens is 1. The van der Waals surface area contributed by atoms with Crippen molar-refractivity contribution in [2.24, 2.45) is 0 Å². The first-order valence-electron chi connectivity index (χ1n) is 7.21. The number of rotatable bonds is 3. The molecule has 1 aromatic carbocycles. The van der Waals surface area contributed by atoms with E-state index in [9.17, 15) is 4.79 Å². The Morgan fingerprint density at radius 1 is 1.27 bits per heavy atom. The molecule has 0 spiro atoms. The molecule has 0 radical (unpaired) electrons. The van der Waals surface area contributed by atoms with Crippen LogP contribution in [0.5, 0.6) is 5.88 Å². The van der Waals surface area contributed by atoms with E-state index in [1.807, 2.05) is 29.2 Å². The number of amides is 1. The number of ether oxygens (including phenoxy) is 1. The fraction of sp³-hybridized carbons (Fsp3) is 0.312. The Labute approximate surface area is 137 Å². The highest BCUT2D eigenvalue weighted by atomic mass is 79.9. The predicted molar refractivity (Wildman–Crippen MR) is 85.7 cm³/mol. The van der Waals surface area contributed by atoms with Crippen molar-refractivity contribution in [2.45, 2.75) is 18.9 Å². The monoisotopic (exact) mass is 361 g/mol. The minimum absolute atomic E-state index is 0.0372. The molecule has 2 heterocycles. The molecule has 2 aromatic rings. The Morgan fingerprint density at radius 3 is 2.82 bits per heavy atom. The van der Waals surface area contributed by atoms with E-state index >= 15 is 0 Å². The zero-order valence-electron chi connectivity index (χ0n) is 12.0. The molecule has 114 valence electrons. The Bertz CT molecular complexity index is 634. The maximum Gasteiger partial charge on any atom is 0.253 e. The van der Waals surface area contributed by atoms with E-state index in [4.69, 9.17) is 4.74 Å². The highest BCUT2D eigenvalue weighted by molar-refractivity contribution is 9.10. The summed E-state index contributed by atoms with van der Waals surface area (Å²) in [4.78, 5) is 14.4. The predicted octanol–water partition coefficient (Wildman–Crippen LogP) is 2.92. The second kappa shape index (κ2) is 6.87. The van der Waals surface area contributed by atoms with E-state index in [-0.39, 0.29) is 12.0 Å². The third-order valence-electron chi connectivity index (χ3n) is 3.59. The Morgan fingerprint density at radius 2 is 2.09 bits per heavy atom. The van der Waals surface area contributed by atoms with Crippen molar-refractivity contribution < 1.29 is 9.53 Å². The van der Waals surface area contributed by atoms with Gasteiger partial charge in [0.2, 0.25) is 5.88 Å². The van der Waals surface area contributed by atoms with Gasteiger partial charge in [-0.25, -0.2) is 0 Å². The number of hydrogen-bond donors (Lipinski definition) is 0. The van der Waals surface area contributed by atoms with Gasteiger partial charge in [-0.3, -0.25) is 4.79 Å². The van der Waals surface area contributed by atoms with E-state index in [1.54, 1.807) is 18.3 Å². The van der Waals surface area contributed by atoms with E-state index in [2.05, 4.69) is 26.1 Å². The van der Waals surface area contributed by atoms with Gasteiger partial charge in [0.15, 0.2) is 0 Å². The topological polar surface area (TPSA) is 55.3 Å². The molecule has 22 heavy (non-hydrogen) atoms. The van der Waals surface area contributed by atoms with Gasteiger partial charge in [0.1, 0.15) is 6.10 Å². The summed E-state index contributed by atoms with van der Waals surface area (Å²) in [6.07, 6.45) is 3.41. The van der Waals surface area contributed by atoms with Crippen molar-refractivity contribution in [3.8, 4) is 5.88 Å². The first kappa shape index (κ1) is 15.0. The number of aromatic nitrogens is 2. The SMILES string of the molecule is O=C(c1ccc(Br)cc1)N1CCCC(Oc2cccnn2)C1. The molecule has 5 nitrogen and oxygen atoms in total. The number of hydrogen-bond acceptors (Lipinski definition) is 4. The molecule has 1 unspecified atom stereocenters. The first-order chi connectivity index (χ1) is 10.7. The molecule has 6 heteroatoms. The summed E-state index contributed by atoms with van der Waals surface area (Å²) < 4.78 is 6.78. The minimum Gasteiger partial charge on any atom is -0.471 e. The fourth-order valence-electron chi connectivity index (χ4n) is 2.51. The molecule has 1 atom stereocenters. The summed E-state index contributed by atoms with van der Waals surface area (Å²) >= 11 is 3.38. The summed E-state index contributed by atoms with van der Waals surface area (Å²) in [7, 11) is 0. The minimum atomic E-state index is -0.0372. The van der Waals surface area contributed by atoms with Crippen molar-refractivity contribution in [1.29, 1.82) is 0 Å². The van der Waals surface area contributed by atoms with Gasteiger partial charge < -0.3 is 9.64 Å². The third kappa shape index (κ3) is 3.62. The van der Waals surface area contributed by atoms with Crippen LogP contribution in [0, 0.1) is 0 Å². The fourth-order valence-corrected chi connectivity index (χ4v) is 2.78. The van der Waals surface area contributed by atoms with Crippen LogP contribution in [0.15, 0.2) is 47.1 Å². The normalized spacial score (nSPS) is 18.0. The molecule has 1 aromatic heterocycles. The van der Waals surface area contributed by atoms with Gasteiger partial charge in [0.05, 0.1) is 6.54 Å². The van der Waals surface area contributed by atoms with E-state index in [0.29, 0.717) is 18.0 Å². The standard InChI is InChI=1S/C16H16BrN3O2/c17-13-7-5-12(6-8-13)16(21)20-10-2-3-14(11-20)22-15-4-1-9-18-19-15/h1,4-9,14H,2-3,10-11H2. The van der Waals surface area contributed by atoms with Crippen LogP contribution in [-0.4, -0.2) is 40.2 Å². The van der Waals surface area contributed by atoms with Gasteiger partial charge in [-0.2, -0.15) is 5.10 Å². The Kier molecular flexibility index (Phi) is 4.68. The first-order valence-corrected chi connectivity index (χ1v) is 8.01. The van der Waals surface area contributed by atoms with Crippen LogP contribution in [0.4, 0.5) is 0 Å². The second-order valence-corrected chi connectivity index (χ2v) is 6.12. The van der Waals surface area contributed by atoms with Gasteiger partial charge in [-0.05, 0) is 43.2 Å². The molecular formula is C16H16BrN3O2. The van der Waals surface area contributed by atoms with Crippen LogP contribution in [0.3, 0.4) is 0 Å². The van der Waals surface area contributed by atoms with E-state index in [1.165, 1.54) is 0 Å². The van der Waals surface area contributed by atoms with Crippen molar-refractivity contribution in [3.63, 3.8) is 0 Å². The van der Waals surface area contributed by atoms with Crippen molar-refractivity contribution in [1.82, 2.24) is 15.1 Å². The van der Waals surface area contributed by atoms with Gasteiger partial charge in [0, 0.05) is 28.8 Å². The average molecular weight is 362 g/mol. The van der Waals surface area contributed by atoms with Crippen LogP contribution in [0.2, 0.25) is 0 Å². The lowest BCUT2D eigenvalue weighted by Crippen LogP contribution is -2.44. The smallest absolute Gasteiger partial charge is 0.253 e. The quantitative estimate of drug-likeness (QED) is 0.843. The van der Waals surface area contributed by atoms with Gasteiger partial charge in [-0.1, -0.05) is 15.9 Å². The summed E-state index contributed by atoms with van der Waals surface area (Å²) in [6, 6.07) is 11.0. The highest BCUT2D eigenvalue weighted by Gasteiger charge is 2.25. The summed E-state index contributed by atoms with van der Waals surface area (Å²) in [6.45, 7) is 1.33. The lowest BCUT2D eigenvalue weighted by atomic mass is 10.1. The molecule has 0 N–H and O–H groups in total. The number of carbonyl (C=O) groups excluding carboxylic acids is 1. The van der Waals surface area contributed by atoms with Crippen LogP contribution in [0.1, 0.15) is 23.2 Å².